The van der Waals surface area contributed by atoms with Crippen LogP contribution in [0.25, 0.3) is 11.1 Å². The second kappa shape index (κ2) is 6.75. The maximum Gasteiger partial charge on any atom is 0.255 e. The lowest BCUT2D eigenvalue weighted by Crippen LogP contribution is -2.24. The van der Waals surface area contributed by atoms with Crippen LogP contribution in [0.1, 0.15) is 15.9 Å². The topological polar surface area (TPSA) is 68.0 Å². The Labute approximate surface area is 135 Å². The van der Waals surface area contributed by atoms with E-state index in [4.69, 9.17) is 5.73 Å². The van der Waals surface area contributed by atoms with E-state index in [1.54, 1.807) is 18.3 Å². The maximum absolute atomic E-state index is 12.2. The fourth-order valence-corrected chi connectivity index (χ4v) is 2.38. The number of carbonyl (C=O) groups is 1. The third-order valence-electron chi connectivity index (χ3n) is 3.57. The van der Waals surface area contributed by atoms with E-state index in [1.165, 1.54) is 0 Å². The lowest BCUT2D eigenvalue weighted by atomic mass is 10.0. The minimum Gasteiger partial charge on any atom is -0.383 e. The molecule has 0 atom stereocenters. The van der Waals surface area contributed by atoms with Crippen molar-refractivity contribution in [1.29, 1.82) is 0 Å². The van der Waals surface area contributed by atoms with Gasteiger partial charge in [-0.05, 0) is 34.9 Å². The number of anilines is 1. The molecule has 1 aromatic heterocycles. The number of amides is 1. The van der Waals surface area contributed by atoms with Crippen LogP contribution >= 0.6 is 0 Å². The maximum atomic E-state index is 12.2. The van der Waals surface area contributed by atoms with Crippen LogP contribution in [0.5, 0.6) is 0 Å². The van der Waals surface area contributed by atoms with Crippen molar-refractivity contribution in [3.05, 3.63) is 84.1 Å². The zero-order valence-corrected chi connectivity index (χ0v) is 12.6. The number of pyridine rings is 1. The summed E-state index contributed by atoms with van der Waals surface area (Å²) in [6.45, 7) is 0.438. The molecule has 0 saturated carbocycles. The highest BCUT2D eigenvalue weighted by Gasteiger charge is 2.09. The highest BCUT2D eigenvalue weighted by Crippen LogP contribution is 2.20. The van der Waals surface area contributed by atoms with Crippen molar-refractivity contribution in [2.24, 2.45) is 0 Å². The Morgan fingerprint density at radius 3 is 2.52 bits per heavy atom. The van der Waals surface area contributed by atoms with Gasteiger partial charge in [-0.3, -0.25) is 4.79 Å². The summed E-state index contributed by atoms with van der Waals surface area (Å²) < 4.78 is 0. The van der Waals surface area contributed by atoms with E-state index < -0.39 is 0 Å². The minimum atomic E-state index is -0.222. The van der Waals surface area contributed by atoms with Gasteiger partial charge < -0.3 is 11.1 Å². The molecule has 0 bridgehead atoms. The van der Waals surface area contributed by atoms with Crippen LogP contribution < -0.4 is 11.1 Å². The van der Waals surface area contributed by atoms with Crippen LogP contribution in [0.4, 0.5) is 5.82 Å². The first kappa shape index (κ1) is 14.8. The predicted octanol–water partition coefficient (Wildman–Crippen LogP) is 3.26. The summed E-state index contributed by atoms with van der Waals surface area (Å²) >= 11 is 0. The smallest absolute Gasteiger partial charge is 0.255 e. The Kier molecular flexibility index (Phi) is 4.34. The second-order valence-electron chi connectivity index (χ2n) is 5.19. The Bertz CT molecular complexity index is 816. The molecule has 3 aromatic rings. The largest absolute Gasteiger partial charge is 0.383 e. The Balaban J connectivity index is 1.72. The van der Waals surface area contributed by atoms with Gasteiger partial charge in [-0.2, -0.15) is 0 Å². The van der Waals surface area contributed by atoms with Crippen LogP contribution in [0.3, 0.4) is 0 Å². The van der Waals surface area contributed by atoms with Crippen LogP contribution in [-0.4, -0.2) is 10.9 Å². The number of nitrogens with zero attached hydrogens (tertiary/aromatic N) is 1. The molecule has 0 saturated heterocycles. The molecule has 2 aromatic carbocycles. The van der Waals surface area contributed by atoms with Crippen molar-refractivity contribution >= 4 is 11.7 Å². The van der Waals surface area contributed by atoms with Gasteiger partial charge in [-0.25, -0.2) is 4.98 Å². The van der Waals surface area contributed by atoms with E-state index in [9.17, 15) is 4.79 Å². The number of hydrogen-bond donors (Lipinski definition) is 2. The number of nitrogens with one attached hydrogen (secondary N) is 1. The van der Waals surface area contributed by atoms with E-state index in [2.05, 4.69) is 34.6 Å². The van der Waals surface area contributed by atoms with Crippen molar-refractivity contribution in [3.63, 3.8) is 0 Å². The predicted molar refractivity (Wildman–Crippen MR) is 91.7 cm³/mol. The molecule has 0 spiro atoms. The molecule has 0 aliphatic rings. The summed E-state index contributed by atoms with van der Waals surface area (Å²) in [4.78, 5) is 16.1. The zero-order chi connectivity index (χ0) is 16.1. The molecular formula is C19H17N3O. The molecule has 4 nitrogen and oxygen atoms in total. The van der Waals surface area contributed by atoms with Gasteiger partial charge >= 0.3 is 0 Å². The van der Waals surface area contributed by atoms with Gasteiger partial charge in [0.1, 0.15) is 5.82 Å². The number of nitrogen functional groups attached to an aromatic ring is 1. The molecule has 0 aliphatic carbocycles. The average molecular weight is 303 g/mol. The SMILES string of the molecule is Nc1ncccc1C(=O)NCc1cccc(-c2ccccc2)c1. The van der Waals surface area contributed by atoms with E-state index in [-0.39, 0.29) is 11.7 Å². The molecule has 1 heterocycles. The van der Waals surface area contributed by atoms with Gasteiger partial charge in [0.15, 0.2) is 0 Å². The molecule has 0 aliphatic heterocycles. The van der Waals surface area contributed by atoms with Crippen molar-refractivity contribution in [2.45, 2.75) is 6.54 Å². The van der Waals surface area contributed by atoms with Crippen LogP contribution in [0, 0.1) is 0 Å². The molecule has 0 radical (unpaired) electrons. The monoisotopic (exact) mass is 303 g/mol. The molecule has 23 heavy (non-hydrogen) atoms. The van der Waals surface area contributed by atoms with Crippen LogP contribution in [0.15, 0.2) is 72.9 Å². The van der Waals surface area contributed by atoms with E-state index >= 15 is 0 Å². The zero-order valence-electron chi connectivity index (χ0n) is 12.6. The molecule has 3 rings (SSSR count). The molecule has 0 fully saturated rings. The number of nitrogens with two attached hydrogens (primary N) is 1. The van der Waals surface area contributed by atoms with Crippen molar-refractivity contribution < 1.29 is 4.79 Å². The van der Waals surface area contributed by atoms with Crippen molar-refractivity contribution in [2.75, 3.05) is 5.73 Å². The van der Waals surface area contributed by atoms with E-state index in [0.717, 1.165) is 16.7 Å². The van der Waals surface area contributed by atoms with Gasteiger partial charge in [0.05, 0.1) is 5.56 Å². The highest BCUT2D eigenvalue weighted by atomic mass is 16.1. The van der Waals surface area contributed by atoms with E-state index in [1.807, 2.05) is 30.3 Å². The highest BCUT2D eigenvalue weighted by molar-refractivity contribution is 5.98. The van der Waals surface area contributed by atoms with Crippen LogP contribution in [-0.2, 0) is 6.54 Å². The lowest BCUT2D eigenvalue weighted by molar-refractivity contribution is 0.0951. The first-order valence-corrected chi connectivity index (χ1v) is 7.37. The van der Waals surface area contributed by atoms with E-state index in [0.29, 0.717) is 12.1 Å². The first-order chi connectivity index (χ1) is 11.2. The van der Waals surface area contributed by atoms with Gasteiger partial charge in [0.2, 0.25) is 0 Å². The van der Waals surface area contributed by atoms with Crippen LogP contribution in [0.2, 0.25) is 0 Å². The number of carbonyl (C=O) groups excluding carboxylic acids is 1. The molecular weight excluding hydrogens is 286 g/mol. The summed E-state index contributed by atoms with van der Waals surface area (Å²) in [7, 11) is 0. The summed E-state index contributed by atoms with van der Waals surface area (Å²) in [6, 6.07) is 21.6. The first-order valence-electron chi connectivity index (χ1n) is 7.37. The molecule has 3 N–H and O–H groups in total. The molecule has 0 unspecified atom stereocenters. The van der Waals surface area contributed by atoms with Crippen molar-refractivity contribution in [3.8, 4) is 11.1 Å². The molecule has 114 valence electrons. The molecule has 4 heteroatoms. The van der Waals surface area contributed by atoms with Gasteiger partial charge in [-0.1, -0.05) is 48.5 Å². The quantitative estimate of drug-likeness (QED) is 0.777. The second-order valence-corrected chi connectivity index (χ2v) is 5.19. The Hall–Kier alpha value is -3.14. The van der Waals surface area contributed by atoms with Gasteiger partial charge in [0.25, 0.3) is 5.91 Å². The number of benzene rings is 2. The number of aromatic nitrogens is 1. The molecule has 1 amide bonds. The number of hydrogen-bond acceptors (Lipinski definition) is 3. The summed E-state index contributed by atoms with van der Waals surface area (Å²) in [5, 5.41) is 2.88. The van der Waals surface area contributed by atoms with Gasteiger partial charge in [0, 0.05) is 12.7 Å². The standard InChI is InChI=1S/C19H17N3O/c20-18-17(10-5-11-21-18)19(23)22-13-14-6-4-9-16(12-14)15-7-2-1-3-8-15/h1-12H,13H2,(H2,20,21)(H,22,23). The summed E-state index contributed by atoms with van der Waals surface area (Å²) in [5.41, 5.74) is 9.42. The fraction of sp³-hybridized carbons (Fsp3) is 0.0526. The Morgan fingerprint density at radius 2 is 1.74 bits per heavy atom. The normalized spacial score (nSPS) is 10.3. The third kappa shape index (κ3) is 3.55. The minimum absolute atomic E-state index is 0.222. The van der Waals surface area contributed by atoms with Gasteiger partial charge in [-0.15, -0.1) is 0 Å². The average Bonchev–Trinajstić information content (AvgIpc) is 2.61. The number of rotatable bonds is 4. The third-order valence-corrected chi connectivity index (χ3v) is 3.57. The van der Waals surface area contributed by atoms with Crippen molar-refractivity contribution in [1.82, 2.24) is 10.3 Å². The lowest BCUT2D eigenvalue weighted by Gasteiger charge is -2.08. The fourth-order valence-electron chi connectivity index (χ4n) is 2.38. The Morgan fingerprint density at radius 1 is 0.957 bits per heavy atom. The summed E-state index contributed by atoms with van der Waals surface area (Å²) in [6.07, 6.45) is 1.56. The summed E-state index contributed by atoms with van der Waals surface area (Å²) in [5.74, 6) is 0.0174.